The number of benzene rings is 1. The number of nitrogens with zero attached hydrogens (tertiary/aromatic N) is 3. The maximum absolute atomic E-state index is 12.8. The zero-order valence-corrected chi connectivity index (χ0v) is 14.8. The van der Waals surface area contributed by atoms with E-state index in [0.29, 0.717) is 17.4 Å². The van der Waals surface area contributed by atoms with Gasteiger partial charge in [-0.15, -0.1) is 0 Å². The van der Waals surface area contributed by atoms with Crippen LogP contribution in [0.4, 0.5) is 5.95 Å². The fourth-order valence-corrected chi connectivity index (χ4v) is 4.58. The zero-order valence-electron chi connectivity index (χ0n) is 13.9. The van der Waals surface area contributed by atoms with E-state index in [4.69, 9.17) is 0 Å². The van der Waals surface area contributed by atoms with Crippen molar-refractivity contribution in [2.75, 3.05) is 18.0 Å². The number of piperidine rings is 1. The van der Waals surface area contributed by atoms with Crippen molar-refractivity contribution in [2.45, 2.75) is 37.6 Å². The van der Waals surface area contributed by atoms with E-state index in [9.17, 15) is 8.42 Å². The van der Waals surface area contributed by atoms with E-state index >= 15 is 0 Å². The second kappa shape index (κ2) is 6.86. The fourth-order valence-electron chi connectivity index (χ4n) is 2.99. The van der Waals surface area contributed by atoms with Gasteiger partial charge in [0.05, 0.1) is 4.90 Å². The van der Waals surface area contributed by atoms with Crippen molar-refractivity contribution in [1.29, 1.82) is 0 Å². The lowest BCUT2D eigenvalue weighted by Crippen LogP contribution is -2.48. The largest absolute Gasteiger partial charge is 0.339 e. The molecule has 1 aromatic carbocycles. The van der Waals surface area contributed by atoms with E-state index in [1.807, 2.05) is 30.9 Å². The molecular formula is C17H22N4O2S. The summed E-state index contributed by atoms with van der Waals surface area (Å²) in [4.78, 5) is 10.9. The Hall–Kier alpha value is -1.99. The average molecular weight is 346 g/mol. The molecule has 0 amide bonds. The quantitative estimate of drug-likeness (QED) is 0.917. The summed E-state index contributed by atoms with van der Waals surface area (Å²) in [7, 11) is -3.54. The van der Waals surface area contributed by atoms with Gasteiger partial charge >= 0.3 is 0 Å². The Morgan fingerprint density at radius 1 is 1.21 bits per heavy atom. The predicted molar refractivity (Wildman–Crippen MR) is 93.5 cm³/mol. The van der Waals surface area contributed by atoms with Gasteiger partial charge in [-0.3, -0.25) is 0 Å². The summed E-state index contributed by atoms with van der Waals surface area (Å²) >= 11 is 0. The van der Waals surface area contributed by atoms with Crippen molar-refractivity contribution >= 4 is 16.0 Å². The number of hydrogen-bond acceptors (Lipinski definition) is 5. The van der Waals surface area contributed by atoms with Crippen LogP contribution in [0.25, 0.3) is 0 Å². The average Bonchev–Trinajstić information content (AvgIpc) is 2.57. The first-order valence-electron chi connectivity index (χ1n) is 8.07. The molecule has 0 bridgehead atoms. The summed E-state index contributed by atoms with van der Waals surface area (Å²) in [5.41, 5.74) is 1.69. The van der Waals surface area contributed by atoms with Gasteiger partial charge in [0.1, 0.15) is 0 Å². The maximum atomic E-state index is 12.8. The fraction of sp³-hybridized carbons (Fsp3) is 0.412. The third-order valence-corrected chi connectivity index (χ3v) is 5.87. The smallest absolute Gasteiger partial charge is 0.241 e. The Morgan fingerprint density at radius 2 is 1.96 bits per heavy atom. The molecule has 1 atom stereocenters. The lowest BCUT2D eigenvalue weighted by atomic mass is 10.1. The number of hydrogen-bond donors (Lipinski definition) is 1. The van der Waals surface area contributed by atoms with E-state index < -0.39 is 10.0 Å². The SMILES string of the molecule is Cc1ccc(C)c(S(=O)(=O)NC2CCCN(c3ncccn3)C2)c1. The molecule has 2 heterocycles. The van der Waals surface area contributed by atoms with Crippen LogP contribution in [0.2, 0.25) is 0 Å². The molecule has 7 heteroatoms. The standard InChI is InChI=1S/C17H22N4O2S/c1-13-6-7-14(2)16(11-13)24(22,23)20-15-5-3-10-21(12-15)17-18-8-4-9-19-17/h4,6-9,11,15,20H,3,5,10,12H2,1-2H3. The van der Waals surface area contributed by atoms with Crippen LogP contribution in [-0.2, 0) is 10.0 Å². The Morgan fingerprint density at radius 3 is 2.71 bits per heavy atom. The molecule has 6 nitrogen and oxygen atoms in total. The van der Waals surface area contributed by atoms with E-state index in [2.05, 4.69) is 14.7 Å². The van der Waals surface area contributed by atoms with Gasteiger partial charge in [0.25, 0.3) is 0 Å². The summed E-state index contributed by atoms with van der Waals surface area (Å²) in [6.45, 7) is 5.13. The molecule has 24 heavy (non-hydrogen) atoms. The normalized spacial score (nSPS) is 18.6. The van der Waals surface area contributed by atoms with Crippen LogP contribution in [0, 0.1) is 13.8 Å². The summed E-state index contributed by atoms with van der Waals surface area (Å²) in [6, 6.07) is 7.11. The van der Waals surface area contributed by atoms with Gasteiger partial charge in [-0.25, -0.2) is 23.1 Å². The van der Waals surface area contributed by atoms with Gasteiger partial charge in [0.2, 0.25) is 16.0 Å². The van der Waals surface area contributed by atoms with Crippen molar-refractivity contribution in [2.24, 2.45) is 0 Å². The molecule has 1 saturated heterocycles. The Kier molecular flexibility index (Phi) is 4.82. The van der Waals surface area contributed by atoms with Gasteiger partial charge < -0.3 is 4.90 Å². The first kappa shape index (κ1) is 16.9. The van der Waals surface area contributed by atoms with E-state index in [1.165, 1.54) is 0 Å². The molecule has 1 aliphatic rings. The third-order valence-electron chi connectivity index (χ3n) is 4.21. The lowest BCUT2D eigenvalue weighted by Gasteiger charge is -2.33. The summed E-state index contributed by atoms with van der Waals surface area (Å²) in [5, 5.41) is 0. The topological polar surface area (TPSA) is 75.2 Å². The first-order chi connectivity index (χ1) is 11.5. The third kappa shape index (κ3) is 3.73. The number of sulfonamides is 1. The molecular weight excluding hydrogens is 324 g/mol. The highest BCUT2D eigenvalue weighted by Gasteiger charge is 2.27. The molecule has 128 valence electrons. The van der Waals surface area contributed by atoms with Crippen LogP contribution in [0.5, 0.6) is 0 Å². The molecule has 1 aliphatic heterocycles. The van der Waals surface area contributed by atoms with Crippen molar-refractivity contribution < 1.29 is 8.42 Å². The van der Waals surface area contributed by atoms with Crippen LogP contribution < -0.4 is 9.62 Å². The minimum Gasteiger partial charge on any atom is -0.339 e. The Balaban J connectivity index is 1.76. The van der Waals surface area contributed by atoms with Crippen molar-refractivity contribution in [1.82, 2.24) is 14.7 Å². The van der Waals surface area contributed by atoms with Gasteiger partial charge in [-0.05, 0) is 49.9 Å². The monoisotopic (exact) mass is 346 g/mol. The molecule has 2 aromatic rings. The molecule has 0 saturated carbocycles. The van der Waals surface area contributed by atoms with Gasteiger partial charge in [0, 0.05) is 31.5 Å². The number of nitrogens with one attached hydrogen (secondary N) is 1. The summed E-state index contributed by atoms with van der Waals surface area (Å²) < 4.78 is 28.4. The molecule has 1 fully saturated rings. The number of aromatic nitrogens is 2. The highest BCUT2D eigenvalue weighted by molar-refractivity contribution is 7.89. The van der Waals surface area contributed by atoms with Crippen molar-refractivity contribution in [3.8, 4) is 0 Å². The van der Waals surface area contributed by atoms with E-state index in [0.717, 1.165) is 30.5 Å². The molecule has 3 rings (SSSR count). The zero-order chi connectivity index (χ0) is 17.2. The molecule has 1 N–H and O–H groups in total. The van der Waals surface area contributed by atoms with Crippen LogP contribution in [0.3, 0.4) is 0 Å². The minimum absolute atomic E-state index is 0.146. The molecule has 0 aliphatic carbocycles. The molecule has 0 radical (unpaired) electrons. The first-order valence-corrected chi connectivity index (χ1v) is 9.55. The molecule has 1 unspecified atom stereocenters. The number of aryl methyl sites for hydroxylation is 2. The minimum atomic E-state index is -3.54. The van der Waals surface area contributed by atoms with E-state index in [-0.39, 0.29) is 6.04 Å². The number of rotatable bonds is 4. The molecule has 0 spiro atoms. The predicted octanol–water partition coefficient (Wildman–Crippen LogP) is 2.04. The highest BCUT2D eigenvalue weighted by Crippen LogP contribution is 2.20. The summed E-state index contributed by atoms with van der Waals surface area (Å²) in [5.74, 6) is 0.646. The summed E-state index contributed by atoms with van der Waals surface area (Å²) in [6.07, 6.45) is 5.12. The van der Waals surface area contributed by atoms with Gasteiger partial charge in [-0.1, -0.05) is 12.1 Å². The van der Waals surface area contributed by atoms with Crippen LogP contribution in [0.1, 0.15) is 24.0 Å². The van der Waals surface area contributed by atoms with Crippen LogP contribution in [0.15, 0.2) is 41.6 Å². The second-order valence-corrected chi connectivity index (χ2v) is 7.91. The second-order valence-electron chi connectivity index (χ2n) is 6.22. The Labute approximate surface area is 143 Å². The van der Waals surface area contributed by atoms with Gasteiger partial charge in [-0.2, -0.15) is 0 Å². The highest BCUT2D eigenvalue weighted by atomic mass is 32.2. The van der Waals surface area contributed by atoms with Crippen molar-refractivity contribution in [3.05, 3.63) is 47.8 Å². The van der Waals surface area contributed by atoms with Gasteiger partial charge in [0.15, 0.2) is 0 Å². The lowest BCUT2D eigenvalue weighted by molar-refractivity contribution is 0.461. The van der Waals surface area contributed by atoms with Crippen LogP contribution in [-0.4, -0.2) is 37.5 Å². The van der Waals surface area contributed by atoms with Crippen LogP contribution >= 0.6 is 0 Å². The Bertz CT molecular complexity index is 809. The number of anilines is 1. The molecule has 1 aromatic heterocycles. The maximum Gasteiger partial charge on any atom is 0.241 e. The van der Waals surface area contributed by atoms with E-state index in [1.54, 1.807) is 24.5 Å². The van der Waals surface area contributed by atoms with Crippen molar-refractivity contribution in [3.63, 3.8) is 0 Å².